The molecule has 0 unspecified atom stereocenters. The number of rotatable bonds is 8. The van der Waals surface area contributed by atoms with E-state index in [2.05, 4.69) is 205 Å². The van der Waals surface area contributed by atoms with Gasteiger partial charge in [0.05, 0.1) is 0 Å². The average molecular weight is 703 g/mol. The number of hydrogen-bond acceptors (Lipinski definition) is 2. The lowest BCUT2D eigenvalue weighted by Crippen LogP contribution is -2.49. The summed E-state index contributed by atoms with van der Waals surface area (Å²) < 4.78 is 0. The van der Waals surface area contributed by atoms with Crippen LogP contribution in [0.4, 0.5) is 34.1 Å². The summed E-state index contributed by atoms with van der Waals surface area (Å²) in [6.07, 6.45) is 6.13. The van der Waals surface area contributed by atoms with E-state index in [4.69, 9.17) is 0 Å². The van der Waals surface area contributed by atoms with Crippen molar-refractivity contribution < 1.29 is 0 Å². The molecule has 9 rings (SSSR count). The van der Waals surface area contributed by atoms with E-state index in [0.29, 0.717) is 0 Å². The monoisotopic (exact) mass is 702 g/mol. The van der Waals surface area contributed by atoms with Gasteiger partial charge in [-0.25, -0.2) is 0 Å². The number of anilines is 6. The van der Waals surface area contributed by atoms with Crippen molar-refractivity contribution in [2.45, 2.75) is 50.6 Å². The molecule has 2 aliphatic rings. The van der Waals surface area contributed by atoms with Crippen molar-refractivity contribution in [3.05, 3.63) is 193 Å². The van der Waals surface area contributed by atoms with Crippen LogP contribution in [-0.4, -0.2) is 8.07 Å². The summed E-state index contributed by atoms with van der Waals surface area (Å²) in [5, 5.41) is 3.08. The van der Waals surface area contributed by atoms with Crippen LogP contribution in [0.25, 0.3) is 11.1 Å². The summed E-state index contributed by atoms with van der Waals surface area (Å²) in [5.74, 6) is 0. The molecular weight excluding hydrogens is 657 g/mol. The number of fused-ring (bicyclic) bond motifs is 3. The molecule has 1 aliphatic heterocycles. The summed E-state index contributed by atoms with van der Waals surface area (Å²) in [5.41, 5.74) is 12.7. The third-order valence-electron chi connectivity index (χ3n) is 11.9. The maximum Gasteiger partial charge on any atom is 0.113 e. The number of hydrogen-bond donors (Lipinski definition) is 0. The molecule has 0 amide bonds. The second-order valence-electron chi connectivity index (χ2n) is 15.3. The molecule has 0 radical (unpaired) electrons. The third-order valence-corrected chi connectivity index (χ3v) is 15.5. The predicted molar refractivity (Wildman–Crippen MR) is 228 cm³/mol. The Balaban J connectivity index is 1.09. The minimum atomic E-state index is -1.73. The lowest BCUT2D eigenvalue weighted by molar-refractivity contribution is 0.346. The van der Waals surface area contributed by atoms with Crippen molar-refractivity contribution in [3.8, 4) is 11.1 Å². The van der Waals surface area contributed by atoms with Crippen molar-refractivity contribution in [2.24, 2.45) is 0 Å². The Labute approximate surface area is 316 Å². The fraction of sp³-hybridized carbons (Fsp3) is 0.160. The SMILES string of the molecule is C[Si]1(C)c2ccccc2-c2cc(N(c3ccccc3)c3ccc(C4(c5ccc(N(c6ccccc6)c6ccccc6)cc5)CCCCC4)cc3)ccc21. The average Bonchev–Trinajstić information content (AvgIpc) is 3.45. The highest BCUT2D eigenvalue weighted by Gasteiger charge is 2.38. The zero-order valence-corrected chi connectivity index (χ0v) is 31.8. The lowest BCUT2D eigenvalue weighted by Gasteiger charge is -2.39. The predicted octanol–water partition coefficient (Wildman–Crippen LogP) is 12.7. The van der Waals surface area contributed by atoms with Crippen molar-refractivity contribution in [1.29, 1.82) is 0 Å². The van der Waals surface area contributed by atoms with Gasteiger partial charge in [0.15, 0.2) is 0 Å². The summed E-state index contributed by atoms with van der Waals surface area (Å²) in [6.45, 7) is 4.98. The molecule has 0 bridgehead atoms. The first-order valence-electron chi connectivity index (χ1n) is 19.2. The minimum Gasteiger partial charge on any atom is -0.311 e. The smallest absolute Gasteiger partial charge is 0.113 e. The molecule has 1 fully saturated rings. The molecule has 0 saturated heterocycles. The molecule has 260 valence electrons. The van der Waals surface area contributed by atoms with Crippen LogP contribution in [0.3, 0.4) is 0 Å². The first-order valence-corrected chi connectivity index (χ1v) is 22.2. The number of benzene rings is 7. The summed E-state index contributed by atoms with van der Waals surface area (Å²) in [6, 6.07) is 67.5. The van der Waals surface area contributed by atoms with Crippen molar-refractivity contribution >= 4 is 52.6 Å². The van der Waals surface area contributed by atoms with E-state index in [-0.39, 0.29) is 5.41 Å². The molecule has 0 atom stereocenters. The molecule has 1 saturated carbocycles. The van der Waals surface area contributed by atoms with Gasteiger partial charge in [0, 0.05) is 39.5 Å². The van der Waals surface area contributed by atoms with Gasteiger partial charge in [-0.15, -0.1) is 0 Å². The van der Waals surface area contributed by atoms with Crippen molar-refractivity contribution in [3.63, 3.8) is 0 Å². The fourth-order valence-corrected chi connectivity index (χ4v) is 12.3. The van der Waals surface area contributed by atoms with Gasteiger partial charge in [-0.2, -0.15) is 0 Å². The molecule has 3 heteroatoms. The molecule has 7 aromatic rings. The topological polar surface area (TPSA) is 6.48 Å². The van der Waals surface area contributed by atoms with E-state index in [1.165, 1.54) is 82.3 Å². The van der Waals surface area contributed by atoms with E-state index in [0.717, 1.165) is 11.4 Å². The quantitative estimate of drug-likeness (QED) is 0.145. The molecular formula is C50H46N2Si. The standard InChI is InChI=1S/C50H46N2Si/c1-53(2)48-24-14-13-23-46(48)47-37-45(33-34-49(47)53)52(42-21-11-5-12-22-42)44-31-27-39(28-32-44)50(35-15-6-16-36-50)38-25-29-43(30-26-38)51(40-17-7-3-8-18-40)41-19-9-4-10-20-41/h3-5,7-14,17-34,37H,6,15-16,35-36H2,1-2H3. The Morgan fingerprint density at radius 3 is 1.28 bits per heavy atom. The van der Waals surface area contributed by atoms with Crippen LogP contribution < -0.4 is 20.2 Å². The second-order valence-corrected chi connectivity index (χ2v) is 19.6. The van der Waals surface area contributed by atoms with Crippen molar-refractivity contribution in [2.75, 3.05) is 9.80 Å². The maximum absolute atomic E-state index is 2.49. The van der Waals surface area contributed by atoms with Gasteiger partial charge in [0.1, 0.15) is 8.07 Å². The molecule has 53 heavy (non-hydrogen) atoms. The lowest BCUT2D eigenvalue weighted by atomic mass is 9.65. The second kappa shape index (κ2) is 13.7. The molecule has 2 nitrogen and oxygen atoms in total. The highest BCUT2D eigenvalue weighted by Crippen LogP contribution is 2.47. The maximum atomic E-state index is 2.49. The van der Waals surface area contributed by atoms with Gasteiger partial charge in [-0.3, -0.25) is 0 Å². The zero-order valence-electron chi connectivity index (χ0n) is 30.8. The molecule has 0 aromatic heterocycles. The van der Waals surface area contributed by atoms with Gasteiger partial charge >= 0.3 is 0 Å². The summed E-state index contributed by atoms with van der Waals surface area (Å²) >= 11 is 0. The number of nitrogens with zero attached hydrogens (tertiary/aromatic N) is 2. The van der Waals surface area contributed by atoms with Crippen LogP contribution in [0.15, 0.2) is 182 Å². The van der Waals surface area contributed by atoms with Crippen LogP contribution in [0.1, 0.15) is 43.2 Å². The third kappa shape index (κ3) is 5.90. The van der Waals surface area contributed by atoms with Crippen LogP contribution in [-0.2, 0) is 5.41 Å². The van der Waals surface area contributed by atoms with Gasteiger partial charge in [0.2, 0.25) is 0 Å². The Bertz CT molecular complexity index is 2290. The molecule has 0 spiro atoms. The van der Waals surface area contributed by atoms with E-state index in [9.17, 15) is 0 Å². The van der Waals surface area contributed by atoms with Crippen LogP contribution in [0.2, 0.25) is 13.1 Å². The van der Waals surface area contributed by atoms with E-state index in [1.54, 1.807) is 5.19 Å². The normalized spacial score (nSPS) is 15.3. The largest absolute Gasteiger partial charge is 0.311 e. The van der Waals surface area contributed by atoms with Gasteiger partial charge < -0.3 is 9.80 Å². The van der Waals surface area contributed by atoms with E-state index >= 15 is 0 Å². The highest BCUT2D eigenvalue weighted by atomic mass is 28.3. The first kappa shape index (κ1) is 33.2. The Kier molecular flexibility index (Phi) is 8.60. The van der Waals surface area contributed by atoms with Gasteiger partial charge in [-0.05, 0) is 118 Å². The summed E-state index contributed by atoms with van der Waals surface area (Å²) in [4.78, 5) is 4.79. The Morgan fingerprint density at radius 1 is 0.377 bits per heavy atom. The Morgan fingerprint density at radius 2 is 0.774 bits per heavy atom. The van der Waals surface area contributed by atoms with Crippen LogP contribution >= 0.6 is 0 Å². The van der Waals surface area contributed by atoms with Gasteiger partial charge in [-0.1, -0.05) is 142 Å². The van der Waals surface area contributed by atoms with Gasteiger partial charge in [0.25, 0.3) is 0 Å². The summed E-state index contributed by atoms with van der Waals surface area (Å²) in [7, 11) is -1.73. The van der Waals surface area contributed by atoms with E-state index < -0.39 is 8.07 Å². The van der Waals surface area contributed by atoms with Crippen LogP contribution in [0.5, 0.6) is 0 Å². The molecule has 0 N–H and O–H groups in total. The first-order chi connectivity index (χ1) is 26.0. The van der Waals surface area contributed by atoms with Crippen LogP contribution in [0, 0.1) is 0 Å². The molecule has 1 aliphatic carbocycles. The Hall–Kier alpha value is -5.64. The van der Waals surface area contributed by atoms with E-state index in [1.807, 2.05) is 0 Å². The zero-order chi connectivity index (χ0) is 35.8. The van der Waals surface area contributed by atoms with Crippen molar-refractivity contribution in [1.82, 2.24) is 0 Å². The number of para-hydroxylation sites is 3. The molecule has 7 aromatic carbocycles. The minimum absolute atomic E-state index is 0.00922. The highest BCUT2D eigenvalue weighted by molar-refractivity contribution is 7.03. The fourth-order valence-electron chi connectivity index (χ4n) is 9.23. The molecule has 1 heterocycles.